The summed E-state index contributed by atoms with van der Waals surface area (Å²) in [5, 5.41) is 10.1. The Morgan fingerprint density at radius 1 is 1.30 bits per heavy atom. The van der Waals surface area contributed by atoms with Gasteiger partial charge in [-0.2, -0.15) is 0 Å². The molecule has 0 radical (unpaired) electrons. The third kappa shape index (κ3) is 5.26. The average molecular weight is 431 g/mol. The normalized spacial score (nSPS) is 20.3. The van der Waals surface area contributed by atoms with Crippen LogP contribution >= 0.6 is 11.3 Å². The lowest BCUT2D eigenvalue weighted by Crippen LogP contribution is -2.43. The number of carbonyl (C=O) groups is 2. The minimum atomic E-state index is -0.705. The van der Waals surface area contributed by atoms with Crippen molar-refractivity contribution >= 4 is 23.2 Å². The second-order valence-corrected chi connectivity index (χ2v) is 9.85. The highest BCUT2D eigenvalue weighted by molar-refractivity contribution is 7.13. The van der Waals surface area contributed by atoms with Crippen LogP contribution in [0, 0.1) is 6.92 Å². The van der Waals surface area contributed by atoms with Crippen LogP contribution in [0.1, 0.15) is 57.7 Å². The molecule has 3 atom stereocenters. The molecular formula is C23H30N2O4S. The van der Waals surface area contributed by atoms with Crippen molar-refractivity contribution in [3.8, 4) is 10.4 Å². The third-order valence-electron chi connectivity index (χ3n) is 5.27. The Labute approximate surface area is 181 Å². The Hall–Kier alpha value is -2.25. The Bertz CT molecular complexity index is 901. The van der Waals surface area contributed by atoms with Gasteiger partial charge >= 0.3 is 6.09 Å². The van der Waals surface area contributed by atoms with Gasteiger partial charge in [-0.05, 0) is 44.7 Å². The molecule has 1 aromatic heterocycles. The highest BCUT2D eigenvalue weighted by Gasteiger charge is 2.40. The van der Waals surface area contributed by atoms with Crippen LogP contribution in [0.25, 0.3) is 10.4 Å². The first-order valence-electron chi connectivity index (χ1n) is 10.3. The molecule has 0 unspecified atom stereocenters. The maximum absolute atomic E-state index is 13.0. The molecular weight excluding hydrogens is 400 g/mol. The number of nitrogens with zero attached hydrogens (tertiary/aromatic N) is 2. The standard InChI is InChI=1S/C23H30N2O4S/c1-14(16-6-8-17(9-7-16)21-15(2)24-13-30-21)10-20(27)19-11-18(26)12-25(19)22(28)29-23(3,4)5/h6-9,13-14,18-19,26H,10-12H2,1-5H3/t14-,18-,19+/m1/s1. The Balaban J connectivity index is 1.66. The smallest absolute Gasteiger partial charge is 0.410 e. The second kappa shape index (κ2) is 8.86. The number of benzene rings is 1. The number of ketones is 1. The molecule has 162 valence electrons. The number of carbonyl (C=O) groups excluding carboxylic acids is 2. The van der Waals surface area contributed by atoms with Crippen molar-refractivity contribution in [2.24, 2.45) is 0 Å². The summed E-state index contributed by atoms with van der Waals surface area (Å²) < 4.78 is 5.42. The number of thiazole rings is 1. The molecule has 30 heavy (non-hydrogen) atoms. The van der Waals surface area contributed by atoms with Crippen LogP contribution < -0.4 is 0 Å². The molecule has 3 rings (SSSR count). The summed E-state index contributed by atoms with van der Waals surface area (Å²) in [6, 6.07) is 7.56. The summed E-state index contributed by atoms with van der Waals surface area (Å²) in [7, 11) is 0. The van der Waals surface area contributed by atoms with Gasteiger partial charge in [-0.25, -0.2) is 9.78 Å². The van der Waals surface area contributed by atoms with Crippen molar-refractivity contribution in [1.29, 1.82) is 0 Å². The SMILES string of the molecule is Cc1ncsc1-c1ccc([C@H](C)CC(=O)[C@@H]2C[C@@H](O)CN2C(=O)OC(C)(C)C)cc1. The fraction of sp³-hybridized carbons (Fsp3) is 0.522. The quantitative estimate of drug-likeness (QED) is 0.753. The van der Waals surface area contributed by atoms with Gasteiger partial charge in [0.25, 0.3) is 0 Å². The van der Waals surface area contributed by atoms with Gasteiger partial charge in [-0.1, -0.05) is 31.2 Å². The number of hydrogen-bond donors (Lipinski definition) is 1. The zero-order valence-corrected chi connectivity index (χ0v) is 19.0. The van der Waals surface area contributed by atoms with Crippen LogP contribution in [0.2, 0.25) is 0 Å². The molecule has 0 spiro atoms. The van der Waals surface area contributed by atoms with E-state index in [-0.39, 0.29) is 24.7 Å². The fourth-order valence-corrected chi connectivity index (χ4v) is 4.55. The highest BCUT2D eigenvalue weighted by Crippen LogP contribution is 2.30. The number of ether oxygens (including phenoxy) is 1. The maximum Gasteiger partial charge on any atom is 0.410 e. The monoisotopic (exact) mass is 430 g/mol. The molecule has 7 heteroatoms. The number of likely N-dealkylation sites (tertiary alicyclic amines) is 1. The van der Waals surface area contributed by atoms with Crippen LogP contribution in [0.15, 0.2) is 29.8 Å². The van der Waals surface area contributed by atoms with E-state index in [4.69, 9.17) is 4.74 Å². The summed E-state index contributed by atoms with van der Waals surface area (Å²) in [6.45, 7) is 9.49. The number of hydrogen-bond acceptors (Lipinski definition) is 6. The summed E-state index contributed by atoms with van der Waals surface area (Å²) in [6.07, 6.45) is -0.692. The maximum atomic E-state index is 13.0. The van der Waals surface area contributed by atoms with Crippen molar-refractivity contribution in [2.75, 3.05) is 6.54 Å². The molecule has 1 N–H and O–H groups in total. The van der Waals surface area contributed by atoms with Gasteiger partial charge in [0.1, 0.15) is 5.60 Å². The molecule has 1 amide bonds. The predicted octanol–water partition coefficient (Wildman–Crippen LogP) is 4.55. The van der Waals surface area contributed by atoms with Crippen molar-refractivity contribution in [3.05, 3.63) is 41.0 Å². The Morgan fingerprint density at radius 3 is 2.53 bits per heavy atom. The first-order valence-corrected chi connectivity index (χ1v) is 11.1. The zero-order valence-electron chi connectivity index (χ0n) is 18.2. The molecule has 2 heterocycles. The lowest BCUT2D eigenvalue weighted by atomic mass is 9.92. The number of aliphatic hydroxyl groups is 1. The van der Waals surface area contributed by atoms with E-state index in [1.807, 2.05) is 31.5 Å². The van der Waals surface area contributed by atoms with E-state index in [1.165, 1.54) is 4.90 Å². The minimum absolute atomic E-state index is 0.00679. The predicted molar refractivity (Wildman–Crippen MR) is 118 cm³/mol. The summed E-state index contributed by atoms with van der Waals surface area (Å²) in [5.41, 5.74) is 4.39. The molecule has 2 aromatic rings. The van der Waals surface area contributed by atoms with Gasteiger partial charge in [-0.3, -0.25) is 9.69 Å². The third-order valence-corrected chi connectivity index (χ3v) is 6.25. The van der Waals surface area contributed by atoms with E-state index in [1.54, 1.807) is 32.1 Å². The molecule has 1 aliphatic heterocycles. The van der Waals surface area contributed by atoms with E-state index < -0.39 is 23.8 Å². The van der Waals surface area contributed by atoms with Crippen molar-refractivity contribution in [3.63, 3.8) is 0 Å². The largest absolute Gasteiger partial charge is 0.444 e. The number of aromatic nitrogens is 1. The van der Waals surface area contributed by atoms with Crippen molar-refractivity contribution in [2.45, 2.75) is 71.1 Å². The first kappa shape index (κ1) is 22.4. The summed E-state index contributed by atoms with van der Waals surface area (Å²) >= 11 is 1.61. The molecule has 1 fully saturated rings. The van der Waals surface area contributed by atoms with Gasteiger partial charge in [0, 0.05) is 12.8 Å². The molecule has 0 bridgehead atoms. The lowest BCUT2D eigenvalue weighted by Gasteiger charge is -2.28. The van der Waals surface area contributed by atoms with Crippen LogP contribution in [-0.4, -0.2) is 51.2 Å². The van der Waals surface area contributed by atoms with Gasteiger partial charge in [-0.15, -0.1) is 11.3 Å². The van der Waals surface area contributed by atoms with E-state index in [0.29, 0.717) is 6.42 Å². The molecule has 6 nitrogen and oxygen atoms in total. The molecule has 1 aliphatic rings. The summed E-state index contributed by atoms with van der Waals surface area (Å²) in [4.78, 5) is 32.3. The number of aliphatic hydroxyl groups excluding tert-OH is 1. The van der Waals surface area contributed by atoms with Crippen LogP contribution in [-0.2, 0) is 9.53 Å². The van der Waals surface area contributed by atoms with E-state index in [9.17, 15) is 14.7 Å². The highest BCUT2D eigenvalue weighted by atomic mass is 32.1. The van der Waals surface area contributed by atoms with Gasteiger partial charge in [0.2, 0.25) is 0 Å². The van der Waals surface area contributed by atoms with Gasteiger partial charge in [0.15, 0.2) is 5.78 Å². The lowest BCUT2D eigenvalue weighted by molar-refractivity contribution is -0.123. The van der Waals surface area contributed by atoms with E-state index >= 15 is 0 Å². The number of rotatable bonds is 5. The van der Waals surface area contributed by atoms with Gasteiger partial charge < -0.3 is 9.84 Å². The number of Topliss-reactive ketones (excluding diaryl/α,β-unsaturated/α-hetero) is 1. The van der Waals surface area contributed by atoms with Crippen LogP contribution in [0.4, 0.5) is 4.79 Å². The molecule has 0 aliphatic carbocycles. The van der Waals surface area contributed by atoms with E-state index in [0.717, 1.165) is 21.7 Å². The molecule has 0 saturated carbocycles. The number of β-amino-alcohol motifs (C(OH)–C–C–N with tert-alkyl or cyclic N) is 1. The minimum Gasteiger partial charge on any atom is -0.444 e. The van der Waals surface area contributed by atoms with E-state index in [2.05, 4.69) is 17.1 Å². The summed E-state index contributed by atoms with van der Waals surface area (Å²) in [5.74, 6) is -0.0420. The second-order valence-electron chi connectivity index (χ2n) is 9.00. The molecule has 1 saturated heterocycles. The topological polar surface area (TPSA) is 79.7 Å². The Kier molecular flexibility index (Phi) is 6.62. The first-order chi connectivity index (χ1) is 14.0. The number of aryl methyl sites for hydroxylation is 1. The van der Waals surface area contributed by atoms with Crippen LogP contribution in [0.5, 0.6) is 0 Å². The fourth-order valence-electron chi connectivity index (χ4n) is 3.74. The van der Waals surface area contributed by atoms with Gasteiger partial charge in [0.05, 0.1) is 34.8 Å². The Morgan fingerprint density at radius 2 is 1.97 bits per heavy atom. The number of amides is 1. The average Bonchev–Trinajstić information content (AvgIpc) is 3.26. The van der Waals surface area contributed by atoms with Crippen molar-refractivity contribution < 1.29 is 19.4 Å². The molecule has 1 aromatic carbocycles. The van der Waals surface area contributed by atoms with Crippen LogP contribution in [0.3, 0.4) is 0 Å². The zero-order chi connectivity index (χ0) is 22.1. The van der Waals surface area contributed by atoms with Crippen molar-refractivity contribution in [1.82, 2.24) is 9.88 Å².